The van der Waals surface area contributed by atoms with Crippen LogP contribution >= 0.6 is 22.7 Å². The number of benzene rings is 3. The maximum absolute atomic E-state index is 4.83. The van der Waals surface area contributed by atoms with Gasteiger partial charge in [-0.15, -0.1) is 22.7 Å². The number of hydrogen-bond acceptors (Lipinski definition) is 6. The van der Waals surface area contributed by atoms with E-state index in [0.717, 1.165) is 16.5 Å². The molecular formula is C30H20N4S2. The maximum Gasteiger partial charge on any atom is 0.167 e. The summed E-state index contributed by atoms with van der Waals surface area (Å²) >= 11 is 3.59. The fourth-order valence-corrected chi connectivity index (χ4v) is 7.06. The minimum absolute atomic E-state index is 0.651. The first-order valence-corrected chi connectivity index (χ1v) is 13.4. The number of rotatable bonds is 2. The van der Waals surface area contributed by atoms with Crippen LogP contribution in [0.2, 0.25) is 0 Å². The molecule has 0 atom stereocenters. The van der Waals surface area contributed by atoms with Crippen LogP contribution in [-0.4, -0.2) is 19.9 Å². The molecular weight excluding hydrogens is 480 g/mol. The molecule has 7 rings (SSSR count). The van der Waals surface area contributed by atoms with Gasteiger partial charge in [0.1, 0.15) is 0 Å². The minimum Gasteiger partial charge on any atom is -0.236 e. The van der Waals surface area contributed by atoms with E-state index in [1.54, 1.807) is 22.7 Å². The van der Waals surface area contributed by atoms with Crippen LogP contribution in [0.4, 0.5) is 0 Å². The van der Waals surface area contributed by atoms with Gasteiger partial charge in [0.05, 0.1) is 5.39 Å². The van der Waals surface area contributed by atoms with Crippen molar-refractivity contribution in [3.63, 3.8) is 0 Å². The molecule has 0 saturated heterocycles. The van der Waals surface area contributed by atoms with Gasteiger partial charge in [-0.2, -0.15) is 0 Å². The van der Waals surface area contributed by atoms with E-state index < -0.39 is 0 Å². The van der Waals surface area contributed by atoms with Crippen LogP contribution < -0.4 is 9.75 Å². The molecule has 4 aromatic heterocycles. The fraction of sp³-hybridized carbons (Fsp3) is 0.0667. The second-order valence-electron chi connectivity index (χ2n) is 8.64. The summed E-state index contributed by atoms with van der Waals surface area (Å²) in [4.78, 5) is 18.9. The van der Waals surface area contributed by atoms with Crippen LogP contribution in [0.3, 0.4) is 0 Å². The molecule has 0 saturated carbocycles. The highest BCUT2D eigenvalue weighted by Crippen LogP contribution is 2.35. The first-order chi connectivity index (χ1) is 17.7. The first kappa shape index (κ1) is 21.3. The van der Waals surface area contributed by atoms with Crippen LogP contribution in [0, 0.1) is 0 Å². The van der Waals surface area contributed by atoms with Crippen LogP contribution in [0.15, 0.2) is 73.1 Å². The van der Waals surface area contributed by atoms with Gasteiger partial charge in [0.25, 0.3) is 0 Å². The average molecular weight is 501 g/mol. The van der Waals surface area contributed by atoms with Gasteiger partial charge in [-0.3, -0.25) is 0 Å². The molecule has 3 aromatic carbocycles. The van der Waals surface area contributed by atoms with Crippen molar-refractivity contribution in [2.75, 3.05) is 0 Å². The van der Waals surface area contributed by atoms with E-state index >= 15 is 0 Å². The predicted octanol–water partition coefficient (Wildman–Crippen LogP) is 6.94. The topological polar surface area (TPSA) is 51.6 Å². The molecule has 6 heteroatoms. The quantitative estimate of drug-likeness (QED) is 0.258. The molecule has 4 nitrogen and oxygen atoms in total. The van der Waals surface area contributed by atoms with Crippen molar-refractivity contribution in [3.8, 4) is 22.8 Å². The van der Waals surface area contributed by atoms with Crippen molar-refractivity contribution in [1.82, 2.24) is 19.9 Å². The summed E-state index contributed by atoms with van der Waals surface area (Å²) in [6, 6.07) is 21.4. The van der Waals surface area contributed by atoms with Crippen molar-refractivity contribution in [3.05, 3.63) is 82.8 Å². The van der Waals surface area contributed by atoms with E-state index in [-0.39, 0.29) is 0 Å². The molecule has 36 heavy (non-hydrogen) atoms. The Morgan fingerprint density at radius 3 is 1.97 bits per heavy atom. The molecule has 0 fully saturated rings. The summed E-state index contributed by atoms with van der Waals surface area (Å²) in [5.74, 6) is 1.35. The highest BCUT2D eigenvalue weighted by Gasteiger charge is 2.11. The van der Waals surface area contributed by atoms with Gasteiger partial charge in [0, 0.05) is 58.3 Å². The lowest BCUT2D eigenvalue weighted by Crippen LogP contribution is -2.17. The average Bonchev–Trinajstić information content (AvgIpc) is 3.49. The third-order valence-corrected chi connectivity index (χ3v) is 8.90. The van der Waals surface area contributed by atoms with Crippen LogP contribution in [0.25, 0.3) is 76.2 Å². The Hall–Kier alpha value is -4.00. The zero-order valence-electron chi connectivity index (χ0n) is 19.7. The van der Waals surface area contributed by atoms with Gasteiger partial charge in [-0.1, -0.05) is 54.6 Å². The Bertz CT molecular complexity index is 2090. The van der Waals surface area contributed by atoms with E-state index in [2.05, 4.69) is 96.6 Å². The Balaban J connectivity index is 1.33. The van der Waals surface area contributed by atoms with Crippen molar-refractivity contribution < 1.29 is 0 Å². The molecule has 0 N–H and O–H groups in total. The lowest BCUT2D eigenvalue weighted by molar-refractivity contribution is 1.15. The molecule has 4 heterocycles. The normalized spacial score (nSPS) is 13.1. The van der Waals surface area contributed by atoms with Gasteiger partial charge in [-0.25, -0.2) is 19.9 Å². The zero-order chi connectivity index (χ0) is 24.2. The van der Waals surface area contributed by atoms with Gasteiger partial charge in [0.2, 0.25) is 0 Å². The third kappa shape index (κ3) is 3.33. The SMILES string of the molecule is C/C=c1\c(=C/C)sc2cc(-c3ncc4cnc(-c5ccc6c(c5)sc5ccccc56)nc4n3)ccc12. The molecule has 0 aliphatic heterocycles. The molecule has 0 amide bonds. The van der Waals surface area contributed by atoms with Crippen LogP contribution in [0.1, 0.15) is 13.8 Å². The van der Waals surface area contributed by atoms with Gasteiger partial charge in [0.15, 0.2) is 17.3 Å². The predicted molar refractivity (Wildman–Crippen MR) is 154 cm³/mol. The lowest BCUT2D eigenvalue weighted by atomic mass is 10.1. The van der Waals surface area contributed by atoms with Crippen molar-refractivity contribution in [2.45, 2.75) is 13.8 Å². The second kappa shape index (κ2) is 8.29. The van der Waals surface area contributed by atoms with Gasteiger partial charge in [-0.05, 0) is 37.3 Å². The Labute approximate surface area is 215 Å². The summed E-state index contributed by atoms with van der Waals surface area (Å²) in [6.45, 7) is 4.17. The van der Waals surface area contributed by atoms with E-state index in [1.807, 2.05) is 12.4 Å². The molecule has 172 valence electrons. The first-order valence-electron chi connectivity index (χ1n) is 11.8. The fourth-order valence-electron chi connectivity index (χ4n) is 4.75. The standard InChI is InChI=1S/C30H20N4S2/c1-3-20-22-11-9-17(13-26(22)35-24(20)4-2)28-31-15-19-16-32-29(34-30(19)33-28)18-10-12-23-21-7-5-6-8-25(21)36-27(23)14-18/h3-16H,1-2H3/b20-3-,24-4+. The van der Waals surface area contributed by atoms with E-state index in [4.69, 9.17) is 9.97 Å². The van der Waals surface area contributed by atoms with Gasteiger partial charge < -0.3 is 0 Å². The summed E-state index contributed by atoms with van der Waals surface area (Å²) in [5.41, 5.74) is 2.63. The highest BCUT2D eigenvalue weighted by molar-refractivity contribution is 7.25. The molecule has 0 bridgehead atoms. The molecule has 0 aliphatic rings. The van der Waals surface area contributed by atoms with Gasteiger partial charge >= 0.3 is 0 Å². The number of thiophene rings is 2. The molecule has 7 aromatic rings. The van der Waals surface area contributed by atoms with E-state index in [1.165, 1.54) is 40.0 Å². The number of fused-ring (bicyclic) bond motifs is 5. The van der Waals surface area contributed by atoms with E-state index in [0.29, 0.717) is 17.3 Å². The highest BCUT2D eigenvalue weighted by atomic mass is 32.1. The maximum atomic E-state index is 4.83. The van der Waals surface area contributed by atoms with E-state index in [9.17, 15) is 0 Å². The molecule has 0 spiro atoms. The van der Waals surface area contributed by atoms with Crippen molar-refractivity contribution in [2.24, 2.45) is 0 Å². The molecule has 0 radical (unpaired) electrons. The number of hydrogen-bond donors (Lipinski definition) is 0. The largest absolute Gasteiger partial charge is 0.236 e. The number of aromatic nitrogens is 4. The van der Waals surface area contributed by atoms with Crippen molar-refractivity contribution >= 4 is 76.1 Å². The van der Waals surface area contributed by atoms with Crippen molar-refractivity contribution in [1.29, 1.82) is 0 Å². The summed E-state index contributed by atoms with van der Waals surface area (Å²) in [5, 5.41) is 5.93. The zero-order valence-corrected chi connectivity index (χ0v) is 21.3. The van der Waals surface area contributed by atoms with Crippen LogP contribution in [0.5, 0.6) is 0 Å². The molecule has 0 aliphatic carbocycles. The minimum atomic E-state index is 0.651. The Kier molecular flexibility index (Phi) is 4.91. The summed E-state index contributed by atoms with van der Waals surface area (Å²) < 4.78 is 5.05. The smallest absolute Gasteiger partial charge is 0.167 e. The second-order valence-corrected chi connectivity index (χ2v) is 10.8. The Morgan fingerprint density at radius 1 is 0.639 bits per heavy atom. The Morgan fingerprint density at radius 2 is 1.28 bits per heavy atom. The lowest BCUT2D eigenvalue weighted by Gasteiger charge is -2.05. The summed E-state index contributed by atoms with van der Waals surface area (Å²) in [6.07, 6.45) is 7.97. The van der Waals surface area contributed by atoms with Crippen LogP contribution in [-0.2, 0) is 0 Å². The number of nitrogens with zero attached hydrogens (tertiary/aromatic N) is 4. The third-order valence-electron chi connectivity index (χ3n) is 6.54. The molecule has 0 unspecified atom stereocenters. The monoisotopic (exact) mass is 500 g/mol. The summed E-state index contributed by atoms with van der Waals surface area (Å²) in [7, 11) is 0.